The summed E-state index contributed by atoms with van der Waals surface area (Å²) in [6, 6.07) is 0. The van der Waals surface area contributed by atoms with Gasteiger partial charge in [-0.15, -0.1) is 0 Å². The smallest absolute Gasteiger partial charge is 0.103 e. The Bertz CT molecular complexity index is 294. The molecule has 0 bridgehead atoms. The Labute approximate surface area is 91.9 Å². The molecule has 0 aromatic carbocycles. The summed E-state index contributed by atoms with van der Waals surface area (Å²) in [4.78, 5) is 4.22. The van der Waals surface area contributed by atoms with Gasteiger partial charge in [0.05, 0.1) is 5.70 Å². The van der Waals surface area contributed by atoms with Crippen LogP contribution in [0.1, 0.15) is 34.6 Å². The van der Waals surface area contributed by atoms with Crippen molar-refractivity contribution < 1.29 is 0 Å². The molecule has 0 atom stereocenters. The van der Waals surface area contributed by atoms with Crippen LogP contribution in [0.5, 0.6) is 0 Å². The number of rotatable bonds is 3. The van der Waals surface area contributed by atoms with Crippen LogP contribution in [0.2, 0.25) is 0 Å². The van der Waals surface area contributed by atoms with E-state index in [4.69, 9.17) is 11.6 Å². The normalized spacial score (nSPS) is 11.7. The van der Waals surface area contributed by atoms with Gasteiger partial charge in [0.25, 0.3) is 0 Å². The fourth-order valence-electron chi connectivity index (χ4n) is 0.813. The number of hydrogen-bond donors (Lipinski definition) is 0. The van der Waals surface area contributed by atoms with Crippen LogP contribution < -0.4 is 0 Å². The predicted molar refractivity (Wildman–Crippen MR) is 65.9 cm³/mol. The van der Waals surface area contributed by atoms with Crippen LogP contribution in [0, 0.1) is 0 Å². The summed E-state index contributed by atoms with van der Waals surface area (Å²) in [6.07, 6.45) is 6.00. The second-order valence-electron chi connectivity index (χ2n) is 3.60. The van der Waals surface area contributed by atoms with E-state index in [9.17, 15) is 0 Å². The fourth-order valence-corrected chi connectivity index (χ4v) is 0.904. The van der Waals surface area contributed by atoms with Crippen LogP contribution in [0.15, 0.2) is 40.1 Å². The highest BCUT2D eigenvalue weighted by Gasteiger charge is 1.91. The molecule has 0 aliphatic heterocycles. The average molecular weight is 212 g/mol. The molecule has 0 amide bonds. The number of halogens is 1. The first kappa shape index (κ1) is 13.2. The minimum absolute atomic E-state index is 0.558. The van der Waals surface area contributed by atoms with Crippen molar-refractivity contribution in [1.82, 2.24) is 0 Å². The molecule has 2 heteroatoms. The Hall–Kier alpha value is -0.820. The van der Waals surface area contributed by atoms with E-state index in [2.05, 4.69) is 18.8 Å². The molecule has 0 fully saturated rings. The van der Waals surface area contributed by atoms with Crippen molar-refractivity contribution in [2.75, 3.05) is 0 Å². The predicted octanol–water partition coefficient (Wildman–Crippen LogP) is 4.46. The molecule has 0 unspecified atom stereocenters. The van der Waals surface area contributed by atoms with Crippen molar-refractivity contribution >= 4 is 16.8 Å². The van der Waals surface area contributed by atoms with Crippen LogP contribution in [0.3, 0.4) is 0 Å². The van der Waals surface area contributed by atoms with Crippen molar-refractivity contribution in [3.8, 4) is 0 Å². The summed E-state index contributed by atoms with van der Waals surface area (Å²) in [5, 5.41) is 0.558. The van der Waals surface area contributed by atoms with E-state index in [0.29, 0.717) is 5.17 Å². The first-order chi connectivity index (χ1) is 6.43. The first-order valence-electron chi connectivity index (χ1n) is 4.63. The zero-order valence-electron chi connectivity index (χ0n) is 9.56. The zero-order valence-corrected chi connectivity index (χ0v) is 10.3. The maximum absolute atomic E-state index is 5.72. The molecular formula is C12H18ClN. The van der Waals surface area contributed by atoms with Gasteiger partial charge < -0.3 is 0 Å². The van der Waals surface area contributed by atoms with Crippen LogP contribution in [-0.4, -0.2) is 5.17 Å². The lowest BCUT2D eigenvalue weighted by atomic mass is 10.2. The highest BCUT2D eigenvalue weighted by atomic mass is 35.5. The third-order valence-corrected chi connectivity index (χ3v) is 1.55. The molecule has 0 aromatic rings. The molecule has 0 saturated carbocycles. The van der Waals surface area contributed by atoms with Crippen molar-refractivity contribution in [1.29, 1.82) is 0 Å². The molecular weight excluding hydrogens is 194 g/mol. The minimum Gasteiger partial charge on any atom is -0.242 e. The molecule has 1 nitrogen and oxygen atoms in total. The molecule has 14 heavy (non-hydrogen) atoms. The van der Waals surface area contributed by atoms with E-state index < -0.39 is 0 Å². The topological polar surface area (TPSA) is 12.4 Å². The Morgan fingerprint density at radius 3 is 2.00 bits per heavy atom. The monoisotopic (exact) mass is 211 g/mol. The summed E-state index contributed by atoms with van der Waals surface area (Å²) < 4.78 is 0. The third-order valence-electron chi connectivity index (χ3n) is 1.47. The second-order valence-corrected chi connectivity index (χ2v) is 4.14. The molecule has 0 radical (unpaired) electrons. The van der Waals surface area contributed by atoms with Crippen molar-refractivity contribution in [2.24, 2.45) is 4.99 Å². The van der Waals surface area contributed by atoms with Crippen LogP contribution in [0.25, 0.3) is 0 Å². The van der Waals surface area contributed by atoms with Gasteiger partial charge in [0.1, 0.15) is 5.17 Å². The molecule has 0 saturated heterocycles. The van der Waals surface area contributed by atoms with E-state index in [1.807, 2.05) is 32.1 Å². The molecule has 78 valence electrons. The van der Waals surface area contributed by atoms with Gasteiger partial charge in [0.15, 0.2) is 0 Å². The highest BCUT2D eigenvalue weighted by Crippen LogP contribution is 2.08. The largest absolute Gasteiger partial charge is 0.242 e. The number of nitrogens with zero attached hydrogens (tertiary/aromatic N) is 1. The fraction of sp³-hybridized carbons (Fsp3) is 0.417. The average Bonchev–Trinajstić information content (AvgIpc) is 2.00. The lowest BCUT2D eigenvalue weighted by Crippen LogP contribution is -1.82. The molecule has 0 N–H and O–H groups in total. The molecule has 0 rings (SSSR count). The Balaban J connectivity index is 4.75. The van der Waals surface area contributed by atoms with E-state index in [-0.39, 0.29) is 0 Å². The zero-order chi connectivity index (χ0) is 11.1. The van der Waals surface area contributed by atoms with Gasteiger partial charge in [-0.3, -0.25) is 0 Å². The lowest BCUT2D eigenvalue weighted by Gasteiger charge is -1.97. The van der Waals surface area contributed by atoms with Gasteiger partial charge in [-0.1, -0.05) is 34.9 Å². The van der Waals surface area contributed by atoms with E-state index in [0.717, 1.165) is 11.3 Å². The molecule has 0 aliphatic rings. The molecule has 0 spiro atoms. The van der Waals surface area contributed by atoms with Gasteiger partial charge in [0.2, 0.25) is 0 Å². The summed E-state index contributed by atoms with van der Waals surface area (Å²) in [5.41, 5.74) is 3.35. The van der Waals surface area contributed by atoms with Gasteiger partial charge in [-0.05, 0) is 40.7 Å². The number of aliphatic imine (C=N–C) groups is 1. The van der Waals surface area contributed by atoms with Gasteiger partial charge in [-0.25, -0.2) is 4.99 Å². The maximum atomic E-state index is 5.72. The molecule has 0 aromatic heterocycles. The second kappa shape index (κ2) is 6.61. The van der Waals surface area contributed by atoms with E-state index in [1.165, 1.54) is 5.57 Å². The third kappa shape index (κ3) is 6.67. The lowest BCUT2D eigenvalue weighted by molar-refractivity contribution is 1.25. The van der Waals surface area contributed by atoms with Gasteiger partial charge >= 0.3 is 0 Å². The van der Waals surface area contributed by atoms with Crippen molar-refractivity contribution in [3.63, 3.8) is 0 Å². The Morgan fingerprint density at radius 2 is 1.64 bits per heavy atom. The number of allylic oxidation sites excluding steroid dienone is 5. The minimum atomic E-state index is 0.558. The van der Waals surface area contributed by atoms with Crippen LogP contribution >= 0.6 is 11.6 Å². The summed E-state index contributed by atoms with van der Waals surface area (Å²) in [6.45, 7) is 9.93. The summed E-state index contributed by atoms with van der Waals surface area (Å²) in [5.74, 6) is 0. The summed E-state index contributed by atoms with van der Waals surface area (Å²) in [7, 11) is 0. The van der Waals surface area contributed by atoms with Crippen LogP contribution in [-0.2, 0) is 0 Å². The van der Waals surface area contributed by atoms with Gasteiger partial charge in [0, 0.05) is 0 Å². The van der Waals surface area contributed by atoms with E-state index in [1.54, 1.807) is 6.92 Å². The van der Waals surface area contributed by atoms with Crippen molar-refractivity contribution in [2.45, 2.75) is 34.6 Å². The maximum Gasteiger partial charge on any atom is 0.103 e. The quantitative estimate of drug-likeness (QED) is 0.483. The first-order valence-corrected chi connectivity index (χ1v) is 5.01. The number of hydrogen-bond acceptors (Lipinski definition) is 1. The van der Waals surface area contributed by atoms with Crippen molar-refractivity contribution in [3.05, 3.63) is 35.1 Å². The van der Waals surface area contributed by atoms with E-state index >= 15 is 0 Å². The Morgan fingerprint density at radius 1 is 1.07 bits per heavy atom. The highest BCUT2D eigenvalue weighted by molar-refractivity contribution is 6.64. The standard InChI is InChI=1S/C12H18ClN/c1-9(2)7-6-8-12(10(3)4)14-11(5)13/h6-8H,1-5H3/b8-6-,14-11+. The molecule has 0 aliphatic carbocycles. The Kier molecular flexibility index (Phi) is 6.22. The SMILES string of the molecule is CC(C)=C/C=C\C(/N=C(\C)Cl)=C(C)C. The van der Waals surface area contributed by atoms with Gasteiger partial charge in [-0.2, -0.15) is 0 Å². The summed E-state index contributed by atoms with van der Waals surface area (Å²) >= 11 is 5.72. The van der Waals surface area contributed by atoms with Crippen LogP contribution in [0.4, 0.5) is 0 Å². The molecule has 0 heterocycles.